The van der Waals surface area contributed by atoms with Gasteiger partial charge in [-0.1, -0.05) is 13.0 Å². The van der Waals surface area contributed by atoms with Crippen molar-refractivity contribution in [3.63, 3.8) is 0 Å². The molecule has 1 aliphatic rings. The molecule has 1 aromatic heterocycles. The number of thiophene rings is 1. The number of amides is 2. The summed E-state index contributed by atoms with van der Waals surface area (Å²) in [7, 11) is -3.62. The topological polar surface area (TPSA) is 92.3 Å². The van der Waals surface area contributed by atoms with E-state index < -0.39 is 9.84 Å². The smallest absolute Gasteiger partial charge is 0.228 e. The Labute approximate surface area is 166 Å². The van der Waals surface area contributed by atoms with E-state index in [9.17, 15) is 18.0 Å². The second kappa shape index (κ2) is 8.45. The van der Waals surface area contributed by atoms with Crippen LogP contribution >= 0.6 is 23.1 Å². The number of hydrogen-bond acceptors (Lipinski definition) is 6. The Kier molecular flexibility index (Phi) is 6.23. The zero-order valence-electron chi connectivity index (χ0n) is 14.7. The molecule has 0 saturated heterocycles. The van der Waals surface area contributed by atoms with Crippen molar-refractivity contribution in [3.8, 4) is 0 Å². The molecule has 0 spiro atoms. The van der Waals surface area contributed by atoms with Crippen molar-refractivity contribution in [1.29, 1.82) is 0 Å². The van der Waals surface area contributed by atoms with Crippen molar-refractivity contribution in [1.82, 2.24) is 5.32 Å². The quantitative estimate of drug-likeness (QED) is 0.744. The van der Waals surface area contributed by atoms with Crippen LogP contribution in [-0.2, 0) is 26.0 Å². The van der Waals surface area contributed by atoms with E-state index in [1.807, 2.05) is 24.4 Å². The minimum Gasteiger partial charge on any atom is -0.351 e. The summed E-state index contributed by atoms with van der Waals surface area (Å²) in [5.74, 6) is -0.202. The molecule has 2 amide bonds. The lowest BCUT2D eigenvalue weighted by Gasteiger charge is -2.10. The summed E-state index contributed by atoms with van der Waals surface area (Å²) in [6.45, 7) is 2.23. The summed E-state index contributed by atoms with van der Waals surface area (Å²) in [6.07, 6.45) is -0.108. The molecule has 27 heavy (non-hydrogen) atoms. The highest BCUT2D eigenvalue weighted by Gasteiger charge is 2.23. The molecule has 1 atom stereocenters. The molecule has 0 aliphatic carbocycles. The fourth-order valence-corrected chi connectivity index (χ4v) is 5.42. The standard InChI is InChI=1S/C18H20N2O4S3/c1-12-11-26-16-5-4-14(9-15(16)20-18(12)22)27(23,24)8-6-17(21)19-10-13-3-2-7-25-13/h2-5,7,9,12H,6,8,10-11H2,1H3,(H,19,21)(H,20,22)/t12-/m1/s1. The van der Waals surface area contributed by atoms with E-state index in [1.54, 1.807) is 6.07 Å². The fraction of sp³-hybridized carbons (Fsp3) is 0.333. The van der Waals surface area contributed by atoms with Gasteiger partial charge in [-0.2, -0.15) is 0 Å². The van der Waals surface area contributed by atoms with Gasteiger partial charge in [0.05, 0.1) is 22.9 Å². The number of sulfone groups is 1. The second-order valence-corrected chi connectivity index (χ2v) is 10.5. The van der Waals surface area contributed by atoms with Crippen LogP contribution in [0.5, 0.6) is 0 Å². The van der Waals surface area contributed by atoms with Gasteiger partial charge in [0.2, 0.25) is 11.8 Å². The molecule has 2 heterocycles. The van der Waals surface area contributed by atoms with Crippen LogP contribution in [0.1, 0.15) is 18.2 Å². The van der Waals surface area contributed by atoms with Crippen LogP contribution < -0.4 is 10.6 Å². The predicted molar refractivity (Wildman–Crippen MR) is 108 cm³/mol. The molecule has 144 valence electrons. The monoisotopic (exact) mass is 424 g/mol. The second-order valence-electron chi connectivity index (χ2n) is 6.28. The molecule has 0 unspecified atom stereocenters. The lowest BCUT2D eigenvalue weighted by atomic mass is 10.2. The van der Waals surface area contributed by atoms with Gasteiger partial charge in [-0.25, -0.2) is 8.42 Å². The average Bonchev–Trinajstić information content (AvgIpc) is 3.12. The first-order valence-corrected chi connectivity index (χ1v) is 12.0. The number of carbonyl (C=O) groups excluding carboxylic acids is 2. The lowest BCUT2D eigenvalue weighted by Crippen LogP contribution is -2.25. The highest BCUT2D eigenvalue weighted by atomic mass is 32.2. The lowest BCUT2D eigenvalue weighted by molar-refractivity contribution is -0.121. The van der Waals surface area contributed by atoms with Crippen LogP contribution in [0.2, 0.25) is 0 Å². The fourth-order valence-electron chi connectivity index (χ4n) is 2.50. The van der Waals surface area contributed by atoms with Crippen LogP contribution in [0.25, 0.3) is 0 Å². The molecule has 0 fully saturated rings. The molecule has 2 aromatic rings. The van der Waals surface area contributed by atoms with E-state index in [2.05, 4.69) is 10.6 Å². The highest BCUT2D eigenvalue weighted by Crippen LogP contribution is 2.34. The summed E-state index contributed by atoms with van der Waals surface area (Å²) in [5, 5.41) is 7.43. The Hall–Kier alpha value is -1.84. The zero-order valence-corrected chi connectivity index (χ0v) is 17.2. The summed E-state index contributed by atoms with van der Waals surface area (Å²) in [6, 6.07) is 8.53. The number of fused-ring (bicyclic) bond motifs is 1. The molecular weight excluding hydrogens is 404 g/mol. The van der Waals surface area contributed by atoms with Crippen LogP contribution in [-0.4, -0.2) is 31.7 Å². The molecule has 0 radical (unpaired) electrons. The summed E-state index contributed by atoms with van der Waals surface area (Å²) in [5.41, 5.74) is 0.512. The largest absolute Gasteiger partial charge is 0.351 e. The zero-order chi connectivity index (χ0) is 19.4. The van der Waals surface area contributed by atoms with Gasteiger partial charge in [-0.3, -0.25) is 9.59 Å². The molecule has 6 nitrogen and oxygen atoms in total. The van der Waals surface area contributed by atoms with E-state index in [0.29, 0.717) is 18.0 Å². The first-order valence-electron chi connectivity index (χ1n) is 8.45. The third-order valence-corrected chi connectivity index (χ3v) is 8.07. The number of nitrogens with one attached hydrogen (secondary N) is 2. The van der Waals surface area contributed by atoms with E-state index in [0.717, 1.165) is 9.77 Å². The van der Waals surface area contributed by atoms with Crippen molar-refractivity contribution >= 4 is 50.4 Å². The van der Waals surface area contributed by atoms with Gasteiger partial charge < -0.3 is 10.6 Å². The van der Waals surface area contributed by atoms with Crippen molar-refractivity contribution in [2.24, 2.45) is 5.92 Å². The van der Waals surface area contributed by atoms with Crippen molar-refractivity contribution in [2.45, 2.75) is 29.7 Å². The van der Waals surface area contributed by atoms with Crippen LogP contribution in [0.4, 0.5) is 5.69 Å². The molecule has 2 N–H and O–H groups in total. The van der Waals surface area contributed by atoms with Crippen LogP contribution in [0.3, 0.4) is 0 Å². The van der Waals surface area contributed by atoms with Gasteiger partial charge in [0.15, 0.2) is 9.84 Å². The van der Waals surface area contributed by atoms with Gasteiger partial charge in [0.25, 0.3) is 0 Å². The van der Waals surface area contributed by atoms with Crippen molar-refractivity contribution in [2.75, 3.05) is 16.8 Å². The van der Waals surface area contributed by atoms with E-state index in [1.165, 1.54) is 35.2 Å². The Morgan fingerprint density at radius 1 is 1.33 bits per heavy atom. The number of carbonyl (C=O) groups is 2. The van der Waals surface area contributed by atoms with Gasteiger partial charge in [0.1, 0.15) is 0 Å². The van der Waals surface area contributed by atoms with Gasteiger partial charge in [-0.05, 0) is 29.6 Å². The van der Waals surface area contributed by atoms with E-state index in [4.69, 9.17) is 0 Å². The van der Waals surface area contributed by atoms with E-state index in [-0.39, 0.29) is 34.8 Å². The minimum atomic E-state index is -3.62. The molecule has 0 bridgehead atoms. The van der Waals surface area contributed by atoms with Crippen molar-refractivity contribution < 1.29 is 18.0 Å². The third-order valence-electron chi connectivity index (χ3n) is 4.14. The number of rotatable bonds is 6. The van der Waals surface area contributed by atoms with Crippen LogP contribution in [0, 0.1) is 5.92 Å². The SMILES string of the molecule is C[C@@H]1CSc2ccc(S(=O)(=O)CCC(=O)NCc3cccs3)cc2NC1=O. The maximum atomic E-state index is 12.6. The van der Waals surface area contributed by atoms with Gasteiger partial charge in [0, 0.05) is 27.9 Å². The number of benzene rings is 1. The normalized spacial score (nSPS) is 16.9. The van der Waals surface area contributed by atoms with Gasteiger partial charge >= 0.3 is 0 Å². The molecule has 3 rings (SSSR count). The Bertz CT molecular complexity index is 940. The maximum Gasteiger partial charge on any atom is 0.228 e. The molecule has 0 saturated carbocycles. The summed E-state index contributed by atoms with van der Waals surface area (Å²) < 4.78 is 25.2. The summed E-state index contributed by atoms with van der Waals surface area (Å²) in [4.78, 5) is 25.9. The summed E-state index contributed by atoms with van der Waals surface area (Å²) >= 11 is 3.05. The van der Waals surface area contributed by atoms with Crippen molar-refractivity contribution in [3.05, 3.63) is 40.6 Å². The predicted octanol–water partition coefficient (Wildman–Crippen LogP) is 2.91. The third kappa shape index (κ3) is 5.12. The number of anilines is 1. The number of hydrogen-bond donors (Lipinski definition) is 2. The molecular formula is C18H20N2O4S3. The maximum absolute atomic E-state index is 12.6. The van der Waals surface area contributed by atoms with Gasteiger partial charge in [-0.15, -0.1) is 23.1 Å². The Balaban J connectivity index is 1.64. The Morgan fingerprint density at radius 2 is 2.15 bits per heavy atom. The van der Waals surface area contributed by atoms with E-state index >= 15 is 0 Å². The minimum absolute atomic E-state index is 0.108. The molecule has 9 heteroatoms. The molecule has 1 aliphatic heterocycles. The van der Waals surface area contributed by atoms with Crippen LogP contribution in [0.15, 0.2) is 45.5 Å². The first-order chi connectivity index (χ1) is 12.8. The average molecular weight is 425 g/mol. The Morgan fingerprint density at radius 3 is 2.89 bits per heavy atom. The highest BCUT2D eigenvalue weighted by molar-refractivity contribution is 7.99. The molecule has 1 aromatic carbocycles. The number of thioether (sulfide) groups is 1. The first kappa shape index (κ1) is 19.9.